The lowest BCUT2D eigenvalue weighted by Crippen LogP contribution is -2.00. The maximum absolute atomic E-state index is 5.47. The fraction of sp³-hybridized carbons (Fsp3) is 0. The number of hydrogen-bond acceptors (Lipinski definition) is 5. The van der Waals surface area contributed by atoms with E-state index in [-0.39, 0.29) is 0 Å². The summed E-state index contributed by atoms with van der Waals surface area (Å²) in [7, 11) is 0. The zero-order chi connectivity index (χ0) is 32.3. The largest absolute Gasteiger partial charge is 0.247 e. The Bertz CT molecular complexity index is 2820. The van der Waals surface area contributed by atoms with E-state index in [1.807, 2.05) is 72.0 Å². The van der Waals surface area contributed by atoms with Crippen molar-refractivity contribution in [1.29, 1.82) is 0 Å². The van der Waals surface area contributed by atoms with Crippen LogP contribution in [0.5, 0.6) is 0 Å². The molecule has 7 aromatic carbocycles. The average Bonchev–Trinajstić information content (AvgIpc) is 3.58. The van der Waals surface area contributed by atoms with E-state index < -0.39 is 0 Å². The predicted molar refractivity (Wildman–Crippen MR) is 205 cm³/mol. The molecule has 3 aromatic heterocycles. The van der Waals surface area contributed by atoms with Crippen LogP contribution in [-0.4, -0.2) is 19.9 Å². The second-order valence-electron chi connectivity index (χ2n) is 12.2. The van der Waals surface area contributed by atoms with Gasteiger partial charge in [-0.25, -0.2) is 19.9 Å². The van der Waals surface area contributed by atoms with Gasteiger partial charge in [-0.3, -0.25) is 0 Å². The highest BCUT2D eigenvalue weighted by molar-refractivity contribution is 7.26. The van der Waals surface area contributed by atoms with E-state index in [0.29, 0.717) is 17.5 Å². The molecule has 0 N–H and O–H groups in total. The molecule has 0 aliphatic heterocycles. The van der Waals surface area contributed by atoms with Gasteiger partial charge in [-0.1, -0.05) is 127 Å². The molecule has 0 unspecified atom stereocenters. The molecule has 10 rings (SSSR count). The van der Waals surface area contributed by atoms with Gasteiger partial charge in [0, 0.05) is 47.8 Å². The second kappa shape index (κ2) is 11.2. The van der Waals surface area contributed by atoms with Crippen molar-refractivity contribution in [3.63, 3.8) is 0 Å². The molecule has 0 radical (unpaired) electrons. The van der Waals surface area contributed by atoms with Crippen molar-refractivity contribution in [3.8, 4) is 45.4 Å². The molecule has 228 valence electrons. The van der Waals surface area contributed by atoms with Crippen molar-refractivity contribution in [2.45, 2.75) is 0 Å². The van der Waals surface area contributed by atoms with Crippen LogP contribution in [0, 0.1) is 0 Å². The van der Waals surface area contributed by atoms with Crippen LogP contribution in [0.2, 0.25) is 0 Å². The summed E-state index contributed by atoms with van der Waals surface area (Å²) >= 11 is 1.82. The van der Waals surface area contributed by atoms with Gasteiger partial charge in [-0.05, 0) is 51.9 Å². The van der Waals surface area contributed by atoms with Gasteiger partial charge >= 0.3 is 0 Å². The van der Waals surface area contributed by atoms with Crippen LogP contribution in [0.4, 0.5) is 0 Å². The Labute approximate surface area is 286 Å². The normalized spacial score (nSPS) is 11.7. The molecule has 0 amide bonds. The molecule has 4 nitrogen and oxygen atoms in total. The van der Waals surface area contributed by atoms with Gasteiger partial charge in [-0.2, -0.15) is 0 Å². The smallest absolute Gasteiger partial charge is 0.164 e. The molecule has 0 atom stereocenters. The van der Waals surface area contributed by atoms with Crippen LogP contribution in [0.25, 0.3) is 98.0 Å². The molecule has 0 fully saturated rings. The summed E-state index contributed by atoms with van der Waals surface area (Å²) < 4.78 is 2.45. The number of nitrogens with zero attached hydrogens (tertiary/aromatic N) is 4. The summed E-state index contributed by atoms with van der Waals surface area (Å²) in [5, 5.41) is 8.38. The lowest BCUT2D eigenvalue weighted by atomic mass is 9.93. The van der Waals surface area contributed by atoms with E-state index >= 15 is 0 Å². The van der Waals surface area contributed by atoms with Crippen molar-refractivity contribution in [3.05, 3.63) is 158 Å². The first-order valence-electron chi connectivity index (χ1n) is 16.3. The zero-order valence-electron chi connectivity index (χ0n) is 26.2. The molecule has 0 saturated carbocycles. The van der Waals surface area contributed by atoms with Gasteiger partial charge in [0.05, 0.1) is 11.2 Å². The molecule has 49 heavy (non-hydrogen) atoms. The van der Waals surface area contributed by atoms with Crippen molar-refractivity contribution in [2.24, 2.45) is 0 Å². The van der Waals surface area contributed by atoms with Crippen LogP contribution in [0.15, 0.2) is 158 Å². The van der Waals surface area contributed by atoms with Crippen molar-refractivity contribution in [2.75, 3.05) is 0 Å². The second-order valence-corrected chi connectivity index (χ2v) is 13.3. The highest BCUT2D eigenvalue weighted by atomic mass is 32.1. The quantitative estimate of drug-likeness (QED) is 0.179. The molecule has 3 heterocycles. The Kier molecular flexibility index (Phi) is 6.32. The molecular weight excluding hydrogens is 617 g/mol. The van der Waals surface area contributed by atoms with Gasteiger partial charge in [0.25, 0.3) is 0 Å². The minimum Gasteiger partial charge on any atom is -0.247 e. The fourth-order valence-electron chi connectivity index (χ4n) is 6.98. The van der Waals surface area contributed by atoms with Crippen molar-refractivity contribution >= 4 is 64.0 Å². The summed E-state index contributed by atoms with van der Waals surface area (Å²) in [6.07, 6.45) is 0. The molecule has 0 aliphatic carbocycles. The van der Waals surface area contributed by atoms with Gasteiger partial charge < -0.3 is 0 Å². The van der Waals surface area contributed by atoms with E-state index in [0.717, 1.165) is 38.9 Å². The summed E-state index contributed by atoms with van der Waals surface area (Å²) in [6.45, 7) is 0. The number of aromatic nitrogens is 4. The predicted octanol–water partition coefficient (Wildman–Crippen LogP) is 11.8. The molecule has 0 bridgehead atoms. The standard InChI is InChI=1S/C44H26N4S/c1-3-13-27(14-4-1)42-46-43(28-15-5-2-6-16-28)48-44(47-42)30-23-24-37-36(26-30)41-39(34-21-11-12-22-38(34)49-41)40(45-37)35-25-29-17-7-8-18-31(29)32-19-9-10-20-33(32)35/h1-26H. The lowest BCUT2D eigenvalue weighted by Gasteiger charge is -2.14. The van der Waals surface area contributed by atoms with Crippen molar-refractivity contribution < 1.29 is 0 Å². The summed E-state index contributed by atoms with van der Waals surface area (Å²) in [6, 6.07) is 54.9. The van der Waals surface area contributed by atoms with Gasteiger partial charge in [-0.15, -0.1) is 11.3 Å². The first kappa shape index (κ1) is 27.8. The van der Waals surface area contributed by atoms with Crippen LogP contribution < -0.4 is 0 Å². The maximum atomic E-state index is 5.47. The molecule has 0 spiro atoms. The third kappa shape index (κ3) is 4.59. The number of rotatable bonds is 4. The third-order valence-electron chi connectivity index (χ3n) is 9.29. The lowest BCUT2D eigenvalue weighted by molar-refractivity contribution is 1.07. The number of fused-ring (bicyclic) bond motifs is 8. The molecule has 0 aliphatic rings. The number of pyridine rings is 1. The van der Waals surface area contributed by atoms with Crippen LogP contribution in [0.1, 0.15) is 0 Å². The fourth-order valence-corrected chi connectivity index (χ4v) is 8.21. The van der Waals surface area contributed by atoms with Gasteiger partial charge in [0.2, 0.25) is 0 Å². The topological polar surface area (TPSA) is 51.6 Å². The maximum Gasteiger partial charge on any atom is 0.164 e. The number of benzene rings is 7. The highest BCUT2D eigenvalue weighted by Crippen LogP contribution is 2.45. The van der Waals surface area contributed by atoms with E-state index in [2.05, 4.69) is 97.1 Å². The Morgan fingerprint density at radius 3 is 1.67 bits per heavy atom. The Balaban J connectivity index is 1.25. The monoisotopic (exact) mass is 642 g/mol. The van der Waals surface area contributed by atoms with E-state index in [1.54, 1.807) is 0 Å². The number of hydrogen-bond donors (Lipinski definition) is 0. The minimum atomic E-state index is 0.633. The van der Waals surface area contributed by atoms with Gasteiger partial charge in [0.1, 0.15) is 0 Å². The average molecular weight is 643 g/mol. The van der Waals surface area contributed by atoms with Crippen LogP contribution >= 0.6 is 11.3 Å². The Morgan fingerprint density at radius 2 is 0.959 bits per heavy atom. The first-order valence-corrected chi connectivity index (χ1v) is 17.1. The summed E-state index contributed by atoms with van der Waals surface area (Å²) in [4.78, 5) is 20.4. The van der Waals surface area contributed by atoms with Crippen molar-refractivity contribution in [1.82, 2.24) is 19.9 Å². The molecule has 5 heteroatoms. The molecule has 10 aromatic rings. The Morgan fingerprint density at radius 1 is 0.388 bits per heavy atom. The summed E-state index contributed by atoms with van der Waals surface area (Å²) in [5.41, 5.74) is 5.91. The van der Waals surface area contributed by atoms with Gasteiger partial charge in [0.15, 0.2) is 17.5 Å². The van der Waals surface area contributed by atoms with Crippen LogP contribution in [-0.2, 0) is 0 Å². The minimum absolute atomic E-state index is 0.633. The molecule has 0 saturated heterocycles. The SMILES string of the molecule is c1ccc(-c2nc(-c3ccccc3)nc(-c3ccc4nc(-c5cc6ccccc6c6ccccc56)c5c6ccccc6sc5c4c3)n2)cc1. The van der Waals surface area contributed by atoms with E-state index in [4.69, 9.17) is 19.9 Å². The zero-order valence-corrected chi connectivity index (χ0v) is 27.0. The Hall–Kier alpha value is -6.30. The highest BCUT2D eigenvalue weighted by Gasteiger charge is 2.20. The van der Waals surface area contributed by atoms with E-state index in [1.165, 1.54) is 41.7 Å². The summed E-state index contributed by atoms with van der Waals surface area (Å²) in [5.74, 6) is 1.93. The molecular formula is C44H26N4S. The first-order chi connectivity index (χ1) is 24.3. The third-order valence-corrected chi connectivity index (χ3v) is 10.5. The number of thiophene rings is 1. The van der Waals surface area contributed by atoms with Crippen LogP contribution in [0.3, 0.4) is 0 Å². The van der Waals surface area contributed by atoms with E-state index in [9.17, 15) is 0 Å².